The van der Waals surface area contributed by atoms with Crippen molar-refractivity contribution in [3.63, 3.8) is 0 Å². The molecule has 0 spiro atoms. The summed E-state index contributed by atoms with van der Waals surface area (Å²) >= 11 is 6.06. The van der Waals surface area contributed by atoms with E-state index in [1.807, 2.05) is 0 Å². The molecule has 0 aliphatic carbocycles. The highest BCUT2D eigenvalue weighted by Crippen LogP contribution is 2.41. The van der Waals surface area contributed by atoms with Crippen LogP contribution in [0.2, 0.25) is 5.02 Å². The van der Waals surface area contributed by atoms with Crippen LogP contribution in [0.15, 0.2) is 46.0 Å². The third-order valence-electron chi connectivity index (χ3n) is 4.79. The molecule has 0 fully saturated rings. The molecule has 14 heteroatoms. The fraction of sp³-hybridized carbons (Fsp3) is 0.227. The van der Waals surface area contributed by atoms with E-state index in [4.69, 9.17) is 25.8 Å². The molecule has 36 heavy (non-hydrogen) atoms. The minimum Gasteiger partial charge on any atom is -0.464 e. The summed E-state index contributed by atoms with van der Waals surface area (Å²) in [4.78, 5) is 37.6. The first-order valence-electron chi connectivity index (χ1n) is 9.83. The number of rotatable bonds is 7. The van der Waals surface area contributed by atoms with Gasteiger partial charge in [0.05, 0.1) is 17.7 Å². The molecule has 0 amide bonds. The highest BCUT2D eigenvalue weighted by Gasteiger charge is 2.39. The number of carbonyl (C=O) groups excluding carboxylic acids is 1. The van der Waals surface area contributed by atoms with E-state index in [9.17, 15) is 31.9 Å². The maximum atomic E-state index is 14.8. The van der Waals surface area contributed by atoms with E-state index in [2.05, 4.69) is 4.74 Å². The van der Waals surface area contributed by atoms with Crippen molar-refractivity contribution in [2.45, 2.75) is 12.5 Å². The fourth-order valence-corrected chi connectivity index (χ4v) is 3.34. The van der Waals surface area contributed by atoms with Crippen molar-refractivity contribution in [2.24, 2.45) is 7.05 Å². The zero-order chi connectivity index (χ0) is 26.8. The summed E-state index contributed by atoms with van der Waals surface area (Å²) in [7, 11) is 3.06. The number of hydrogen-bond acceptors (Lipinski definition) is 7. The van der Waals surface area contributed by atoms with Crippen LogP contribution in [0.5, 0.6) is 17.2 Å². The Morgan fingerprint density at radius 1 is 1.08 bits per heavy atom. The normalized spacial score (nSPS) is 12.2. The number of nitrogens with zero attached hydrogens (tertiary/aromatic N) is 1. The standard InChI is InChI=1S/C22H17ClF4N2O7/c1-29-17(22(25,26)27)16(18(30)28-21(29)32)10-8-15(11(23)9-12(10)24)35-13-6-4-5-7-14(13)36-20(34-3)19(31)33-2/h4-9,20H,1-3H3,(H,28,30,32). The third-order valence-corrected chi connectivity index (χ3v) is 5.09. The molecular formula is C22H17ClF4N2O7. The molecule has 9 nitrogen and oxygen atoms in total. The van der Waals surface area contributed by atoms with Gasteiger partial charge in [0.1, 0.15) is 17.3 Å². The zero-order valence-corrected chi connectivity index (χ0v) is 19.5. The van der Waals surface area contributed by atoms with Crippen LogP contribution in [0, 0.1) is 5.82 Å². The average Bonchev–Trinajstić information content (AvgIpc) is 2.81. The number of methoxy groups -OCH3 is 2. The lowest BCUT2D eigenvalue weighted by atomic mass is 10.0. The maximum absolute atomic E-state index is 14.8. The molecule has 2 aromatic carbocycles. The van der Waals surface area contributed by atoms with Crippen molar-refractivity contribution in [1.29, 1.82) is 0 Å². The number of carbonyl (C=O) groups is 1. The number of alkyl halides is 3. The quantitative estimate of drug-likeness (QED) is 0.279. The van der Waals surface area contributed by atoms with Crippen LogP contribution in [0.4, 0.5) is 17.6 Å². The highest BCUT2D eigenvalue weighted by molar-refractivity contribution is 6.32. The van der Waals surface area contributed by atoms with Crippen LogP contribution in [0.3, 0.4) is 0 Å². The summed E-state index contributed by atoms with van der Waals surface area (Å²) in [5.74, 6) is -2.67. The summed E-state index contributed by atoms with van der Waals surface area (Å²) in [5, 5.41) is -0.364. The summed E-state index contributed by atoms with van der Waals surface area (Å²) in [6, 6.07) is 7.17. The number of hydrogen-bond donors (Lipinski definition) is 1. The van der Waals surface area contributed by atoms with Gasteiger partial charge >= 0.3 is 17.8 Å². The molecule has 0 radical (unpaired) electrons. The topological polar surface area (TPSA) is 109 Å². The Hall–Kier alpha value is -3.84. The number of benzene rings is 2. The molecule has 1 aromatic heterocycles. The largest absolute Gasteiger partial charge is 0.464 e. The van der Waals surface area contributed by atoms with E-state index in [-0.39, 0.29) is 26.8 Å². The smallest absolute Gasteiger partial charge is 0.432 e. The highest BCUT2D eigenvalue weighted by atomic mass is 35.5. The first-order chi connectivity index (χ1) is 16.9. The predicted molar refractivity (Wildman–Crippen MR) is 118 cm³/mol. The van der Waals surface area contributed by atoms with Crippen molar-refractivity contribution in [2.75, 3.05) is 14.2 Å². The van der Waals surface area contributed by atoms with E-state index in [1.54, 1.807) is 4.98 Å². The Morgan fingerprint density at radius 2 is 1.72 bits per heavy atom. The number of ether oxygens (including phenoxy) is 4. The van der Waals surface area contributed by atoms with Gasteiger partial charge in [0.15, 0.2) is 11.5 Å². The Labute approximate surface area is 204 Å². The lowest BCUT2D eigenvalue weighted by molar-refractivity contribution is -0.170. The number of esters is 1. The van der Waals surface area contributed by atoms with Crippen molar-refractivity contribution in [3.05, 3.63) is 73.8 Å². The third kappa shape index (κ3) is 5.36. The van der Waals surface area contributed by atoms with Crippen LogP contribution in [-0.2, 0) is 27.5 Å². The summed E-state index contributed by atoms with van der Waals surface area (Å²) < 4.78 is 76.8. The number of nitrogens with one attached hydrogen (secondary N) is 1. The Kier molecular flexibility index (Phi) is 7.74. The first-order valence-corrected chi connectivity index (χ1v) is 10.2. The SMILES string of the molecule is COC(=O)C(OC)Oc1ccccc1Oc1cc(-c2c(C(F)(F)F)n(C)c(=O)[nH]c2=O)c(F)cc1Cl. The summed E-state index contributed by atoms with van der Waals surface area (Å²) in [6.07, 6.45) is -6.67. The van der Waals surface area contributed by atoms with E-state index < -0.39 is 52.3 Å². The molecule has 1 heterocycles. The van der Waals surface area contributed by atoms with Gasteiger partial charge in [0, 0.05) is 19.7 Å². The second-order valence-electron chi connectivity index (χ2n) is 7.06. The van der Waals surface area contributed by atoms with Crippen molar-refractivity contribution >= 4 is 17.6 Å². The van der Waals surface area contributed by atoms with Crippen LogP contribution >= 0.6 is 11.6 Å². The zero-order valence-electron chi connectivity index (χ0n) is 18.7. The van der Waals surface area contributed by atoms with Crippen LogP contribution in [0.1, 0.15) is 5.69 Å². The van der Waals surface area contributed by atoms with E-state index >= 15 is 0 Å². The average molecular weight is 533 g/mol. The molecule has 0 aliphatic heterocycles. The number of aromatic nitrogens is 2. The molecule has 192 valence electrons. The summed E-state index contributed by atoms with van der Waals surface area (Å²) in [5.41, 5.74) is -6.47. The Balaban J connectivity index is 2.15. The van der Waals surface area contributed by atoms with Gasteiger partial charge in [0.25, 0.3) is 11.8 Å². The summed E-state index contributed by atoms with van der Waals surface area (Å²) in [6.45, 7) is 0. The van der Waals surface area contributed by atoms with Crippen molar-refractivity contribution in [3.8, 4) is 28.4 Å². The lowest BCUT2D eigenvalue weighted by Gasteiger charge is -2.19. The molecule has 0 bridgehead atoms. The second-order valence-corrected chi connectivity index (χ2v) is 7.47. The van der Waals surface area contributed by atoms with E-state index in [0.717, 1.165) is 20.2 Å². The van der Waals surface area contributed by atoms with Gasteiger partial charge < -0.3 is 18.9 Å². The molecule has 3 aromatic rings. The second kappa shape index (κ2) is 10.4. The first kappa shape index (κ1) is 26.8. The molecule has 1 N–H and O–H groups in total. The molecule has 1 unspecified atom stereocenters. The number of H-pyrrole nitrogens is 1. The number of halogens is 5. The van der Waals surface area contributed by atoms with Gasteiger partial charge in [-0.3, -0.25) is 14.3 Å². The minimum absolute atomic E-state index is 0.0624. The van der Waals surface area contributed by atoms with Crippen LogP contribution < -0.4 is 20.7 Å². The fourth-order valence-electron chi connectivity index (χ4n) is 3.16. The maximum Gasteiger partial charge on any atom is 0.432 e. The van der Waals surface area contributed by atoms with Gasteiger partial charge in [-0.1, -0.05) is 23.7 Å². The van der Waals surface area contributed by atoms with Crippen molar-refractivity contribution in [1.82, 2.24) is 9.55 Å². The van der Waals surface area contributed by atoms with Gasteiger partial charge in [-0.2, -0.15) is 13.2 Å². The van der Waals surface area contributed by atoms with Gasteiger partial charge in [0.2, 0.25) is 0 Å². The molecule has 3 rings (SSSR count). The van der Waals surface area contributed by atoms with Gasteiger partial charge in [-0.05, 0) is 24.3 Å². The van der Waals surface area contributed by atoms with Gasteiger partial charge in [-0.25, -0.2) is 14.0 Å². The van der Waals surface area contributed by atoms with E-state index in [1.165, 1.54) is 31.4 Å². The Morgan fingerprint density at radius 3 is 2.31 bits per heavy atom. The van der Waals surface area contributed by atoms with E-state index in [0.29, 0.717) is 6.07 Å². The molecule has 0 saturated carbocycles. The van der Waals surface area contributed by atoms with Gasteiger partial charge in [-0.15, -0.1) is 0 Å². The molecular weight excluding hydrogens is 516 g/mol. The molecule has 0 saturated heterocycles. The number of aromatic amines is 1. The monoisotopic (exact) mass is 532 g/mol. The lowest BCUT2D eigenvalue weighted by Crippen LogP contribution is -2.35. The number of para-hydroxylation sites is 2. The Bertz CT molecular complexity index is 1420. The predicted octanol–water partition coefficient (Wildman–Crippen LogP) is 3.87. The molecule has 0 aliphatic rings. The van der Waals surface area contributed by atoms with Crippen LogP contribution in [0.25, 0.3) is 11.1 Å². The van der Waals surface area contributed by atoms with Crippen molar-refractivity contribution < 1.29 is 41.3 Å². The van der Waals surface area contributed by atoms with Crippen LogP contribution in [-0.4, -0.2) is 36.0 Å². The molecule has 1 atom stereocenters. The minimum atomic E-state index is -5.19.